The van der Waals surface area contributed by atoms with E-state index in [9.17, 15) is 4.79 Å². The second kappa shape index (κ2) is 5.89. The molecule has 0 fully saturated rings. The Hall–Kier alpha value is -0.850. The van der Waals surface area contributed by atoms with Gasteiger partial charge < -0.3 is 0 Å². The van der Waals surface area contributed by atoms with E-state index in [1.165, 1.54) is 0 Å². The lowest BCUT2D eigenvalue weighted by atomic mass is 10.0. The molecule has 78 valence electrons. The van der Waals surface area contributed by atoms with E-state index in [1.54, 1.807) is 12.1 Å². The van der Waals surface area contributed by atoms with Gasteiger partial charge in [0.25, 0.3) is 0 Å². The molecule has 0 N–H and O–H groups in total. The molecule has 0 spiro atoms. The fraction of sp³-hybridized carbons (Fsp3) is 0.273. The molecule has 0 bridgehead atoms. The maximum atomic E-state index is 11.7. The fourth-order valence-electron chi connectivity index (χ4n) is 1.27. The number of alkyl halides is 1. The summed E-state index contributed by atoms with van der Waals surface area (Å²) in [5.74, 6) is 0.286. The molecule has 4 heteroatoms. The Morgan fingerprint density at radius 2 is 2.27 bits per heavy atom. The summed E-state index contributed by atoms with van der Waals surface area (Å²) in [5, 5.41) is 8.63. The Morgan fingerprint density at radius 3 is 2.87 bits per heavy atom. The summed E-state index contributed by atoms with van der Waals surface area (Å²) >= 11 is 8.82. The van der Waals surface area contributed by atoms with Crippen LogP contribution in [-0.4, -0.2) is 11.7 Å². The van der Waals surface area contributed by atoms with Crippen molar-refractivity contribution >= 4 is 33.3 Å². The number of nitrogens with zero attached hydrogens (tertiary/aromatic N) is 1. The molecule has 0 atom stereocenters. The van der Waals surface area contributed by atoms with Crippen LogP contribution in [-0.2, 0) is 6.42 Å². The number of halogens is 2. The van der Waals surface area contributed by atoms with Gasteiger partial charge in [-0.05, 0) is 17.7 Å². The highest BCUT2D eigenvalue weighted by atomic mass is 79.9. The van der Waals surface area contributed by atoms with Crippen molar-refractivity contribution in [2.24, 2.45) is 0 Å². The first-order valence-corrected chi connectivity index (χ1v) is 5.76. The van der Waals surface area contributed by atoms with Crippen LogP contribution in [0.4, 0.5) is 0 Å². The summed E-state index contributed by atoms with van der Waals surface area (Å²) in [6.45, 7) is 0. The van der Waals surface area contributed by atoms with Crippen molar-refractivity contribution in [2.45, 2.75) is 12.8 Å². The second-order valence-corrected chi connectivity index (χ2v) is 4.29. The van der Waals surface area contributed by atoms with E-state index in [-0.39, 0.29) is 12.2 Å². The van der Waals surface area contributed by atoms with E-state index in [0.29, 0.717) is 17.9 Å². The Bertz CT molecular complexity index is 412. The molecule has 1 aromatic carbocycles. The van der Waals surface area contributed by atoms with Gasteiger partial charge in [0.15, 0.2) is 5.78 Å². The van der Waals surface area contributed by atoms with Crippen molar-refractivity contribution in [3.8, 4) is 6.07 Å². The van der Waals surface area contributed by atoms with Crippen molar-refractivity contribution in [1.82, 2.24) is 0 Å². The van der Waals surface area contributed by atoms with Crippen LogP contribution in [0.25, 0.3) is 0 Å². The molecule has 1 aromatic rings. The van der Waals surface area contributed by atoms with Crippen LogP contribution in [0.1, 0.15) is 22.3 Å². The highest BCUT2D eigenvalue weighted by Gasteiger charge is 2.11. The smallest absolute Gasteiger partial charge is 0.164 e. The van der Waals surface area contributed by atoms with Crippen LogP contribution < -0.4 is 0 Å². The van der Waals surface area contributed by atoms with Gasteiger partial charge in [0, 0.05) is 22.3 Å². The van der Waals surface area contributed by atoms with E-state index in [0.717, 1.165) is 10.0 Å². The molecule has 0 amide bonds. The molecule has 0 radical (unpaired) electrons. The summed E-state index contributed by atoms with van der Waals surface area (Å²) in [5.41, 5.74) is 1.35. The Balaban J connectivity index is 3.07. The topological polar surface area (TPSA) is 40.9 Å². The number of benzene rings is 1. The van der Waals surface area contributed by atoms with Gasteiger partial charge in [-0.1, -0.05) is 22.0 Å². The maximum absolute atomic E-state index is 11.7. The molecule has 0 unspecified atom stereocenters. The molecule has 0 saturated carbocycles. The maximum Gasteiger partial charge on any atom is 0.164 e. The first-order valence-electron chi connectivity index (χ1n) is 4.43. The third-order valence-corrected chi connectivity index (χ3v) is 2.65. The number of Topliss-reactive ketones (excluding diaryl/α,β-unsaturated/α-hetero) is 1. The van der Waals surface area contributed by atoms with E-state index in [2.05, 4.69) is 15.9 Å². The normalized spacial score (nSPS) is 9.67. The monoisotopic (exact) mass is 285 g/mol. The summed E-state index contributed by atoms with van der Waals surface area (Å²) in [4.78, 5) is 11.7. The van der Waals surface area contributed by atoms with Gasteiger partial charge in [-0.25, -0.2) is 0 Å². The number of carbonyl (C=O) groups excluding carboxylic acids is 1. The summed E-state index contributed by atoms with van der Waals surface area (Å²) in [6.07, 6.45) is 0.549. The van der Waals surface area contributed by atoms with Crippen molar-refractivity contribution in [2.75, 3.05) is 5.88 Å². The molecule has 0 aromatic heterocycles. The average Bonchev–Trinajstić information content (AvgIpc) is 2.21. The first-order chi connectivity index (χ1) is 7.19. The summed E-state index contributed by atoms with van der Waals surface area (Å²) in [7, 11) is 0. The van der Waals surface area contributed by atoms with Crippen molar-refractivity contribution < 1.29 is 4.79 Å². The Labute approximate surface area is 102 Å². The zero-order chi connectivity index (χ0) is 11.3. The average molecular weight is 287 g/mol. The third kappa shape index (κ3) is 3.33. The van der Waals surface area contributed by atoms with Gasteiger partial charge in [0.2, 0.25) is 0 Å². The fourth-order valence-corrected chi connectivity index (χ4v) is 1.80. The van der Waals surface area contributed by atoms with Gasteiger partial charge in [0.05, 0.1) is 12.5 Å². The second-order valence-electron chi connectivity index (χ2n) is 3.00. The van der Waals surface area contributed by atoms with Gasteiger partial charge in [-0.15, -0.1) is 11.6 Å². The largest absolute Gasteiger partial charge is 0.294 e. The molecule has 0 aliphatic carbocycles. The molecule has 1 rings (SSSR count). The third-order valence-electron chi connectivity index (χ3n) is 1.96. The van der Waals surface area contributed by atoms with Crippen molar-refractivity contribution in [3.05, 3.63) is 33.8 Å². The highest BCUT2D eigenvalue weighted by Crippen LogP contribution is 2.18. The number of carbonyl (C=O) groups is 1. The molecular weight excluding hydrogens is 277 g/mol. The van der Waals surface area contributed by atoms with E-state index in [1.807, 2.05) is 12.1 Å². The minimum Gasteiger partial charge on any atom is -0.294 e. The molecule has 0 heterocycles. The van der Waals surface area contributed by atoms with Gasteiger partial charge in [0.1, 0.15) is 0 Å². The quantitative estimate of drug-likeness (QED) is 0.629. The molecule has 0 aliphatic rings. The predicted molar refractivity (Wildman–Crippen MR) is 63.1 cm³/mol. The number of rotatable bonds is 4. The van der Waals surface area contributed by atoms with Crippen LogP contribution in [0.5, 0.6) is 0 Å². The van der Waals surface area contributed by atoms with Gasteiger partial charge in [-0.2, -0.15) is 5.26 Å². The minimum atomic E-state index is -0.0171. The number of hydrogen-bond donors (Lipinski definition) is 0. The number of ketones is 1. The van der Waals surface area contributed by atoms with Crippen molar-refractivity contribution in [3.63, 3.8) is 0 Å². The van der Waals surface area contributed by atoms with E-state index < -0.39 is 0 Å². The van der Waals surface area contributed by atoms with Crippen LogP contribution in [0.15, 0.2) is 22.7 Å². The lowest BCUT2D eigenvalue weighted by molar-refractivity contribution is 0.0988. The minimum absolute atomic E-state index is 0.0171. The van der Waals surface area contributed by atoms with E-state index in [4.69, 9.17) is 16.9 Å². The van der Waals surface area contributed by atoms with Crippen LogP contribution in [0.2, 0.25) is 0 Å². The first kappa shape index (κ1) is 12.2. The summed E-state index contributed by atoms with van der Waals surface area (Å²) < 4.78 is 0.835. The van der Waals surface area contributed by atoms with Gasteiger partial charge >= 0.3 is 0 Å². The SMILES string of the molecule is N#CCc1ccc(Br)cc1C(=O)CCCl. The van der Waals surface area contributed by atoms with E-state index >= 15 is 0 Å². The Morgan fingerprint density at radius 1 is 1.53 bits per heavy atom. The number of hydrogen-bond acceptors (Lipinski definition) is 2. The highest BCUT2D eigenvalue weighted by molar-refractivity contribution is 9.10. The van der Waals surface area contributed by atoms with Gasteiger partial charge in [-0.3, -0.25) is 4.79 Å². The lowest BCUT2D eigenvalue weighted by Crippen LogP contribution is -2.04. The standard InChI is InChI=1S/C11H9BrClNO/c12-9-2-1-8(4-6-14)10(7-9)11(15)3-5-13/h1-2,7H,3-5H2. The molecule has 15 heavy (non-hydrogen) atoms. The molecule has 0 saturated heterocycles. The molecule has 2 nitrogen and oxygen atoms in total. The lowest BCUT2D eigenvalue weighted by Gasteiger charge is -2.05. The zero-order valence-electron chi connectivity index (χ0n) is 7.96. The molecule has 0 aliphatic heterocycles. The van der Waals surface area contributed by atoms with Crippen molar-refractivity contribution in [1.29, 1.82) is 5.26 Å². The zero-order valence-corrected chi connectivity index (χ0v) is 10.3. The Kier molecular flexibility index (Phi) is 4.80. The van der Waals surface area contributed by atoms with Crippen LogP contribution >= 0.6 is 27.5 Å². The number of nitriles is 1. The van der Waals surface area contributed by atoms with Crippen LogP contribution in [0.3, 0.4) is 0 Å². The summed E-state index contributed by atoms with van der Waals surface area (Å²) in [6, 6.07) is 7.39. The predicted octanol–water partition coefficient (Wildman–Crippen LogP) is 3.33. The van der Waals surface area contributed by atoms with Crippen LogP contribution in [0, 0.1) is 11.3 Å². The molecular formula is C11H9BrClNO.